The zero-order chi connectivity index (χ0) is 13.9. The third kappa shape index (κ3) is 4.05. The first-order valence-corrected chi connectivity index (χ1v) is 7.58. The smallest absolute Gasteiger partial charge is 0.240 e. The van der Waals surface area contributed by atoms with Crippen molar-refractivity contribution in [3.05, 3.63) is 24.0 Å². The monoisotopic (exact) mass is 324 g/mol. The van der Waals surface area contributed by atoms with E-state index in [0.717, 1.165) is 32.0 Å². The standard InChI is InChI=1S/C12H17FN2O3S.ClH/c1-18-12-8-10(2-3-11(12)13)19(16,17)15-9-4-6-14-7-5-9;/h2-3,8-9,14-15H,4-7H2,1H3;1H. The van der Waals surface area contributed by atoms with E-state index in [0.29, 0.717) is 0 Å². The van der Waals surface area contributed by atoms with Crippen LogP contribution in [0.5, 0.6) is 5.75 Å². The molecule has 1 aromatic carbocycles. The molecule has 114 valence electrons. The first-order valence-electron chi connectivity index (χ1n) is 6.09. The highest BCUT2D eigenvalue weighted by molar-refractivity contribution is 7.89. The highest BCUT2D eigenvalue weighted by atomic mass is 35.5. The molecule has 8 heteroatoms. The molecule has 1 fully saturated rings. The molecule has 20 heavy (non-hydrogen) atoms. The quantitative estimate of drug-likeness (QED) is 0.875. The number of hydrogen-bond donors (Lipinski definition) is 2. The van der Waals surface area contributed by atoms with Gasteiger partial charge in [0.2, 0.25) is 10.0 Å². The summed E-state index contributed by atoms with van der Waals surface area (Å²) in [4.78, 5) is 0.0179. The van der Waals surface area contributed by atoms with E-state index in [9.17, 15) is 12.8 Å². The SMILES string of the molecule is COc1cc(S(=O)(=O)NC2CCNCC2)ccc1F.Cl. The van der Waals surface area contributed by atoms with Crippen LogP contribution in [0.15, 0.2) is 23.1 Å². The van der Waals surface area contributed by atoms with Crippen LogP contribution >= 0.6 is 12.4 Å². The molecular weight excluding hydrogens is 307 g/mol. The Morgan fingerprint density at radius 2 is 2.00 bits per heavy atom. The van der Waals surface area contributed by atoms with Crippen molar-refractivity contribution in [3.8, 4) is 5.75 Å². The largest absolute Gasteiger partial charge is 0.494 e. The van der Waals surface area contributed by atoms with Gasteiger partial charge in [0.25, 0.3) is 0 Å². The lowest BCUT2D eigenvalue weighted by molar-refractivity contribution is 0.384. The van der Waals surface area contributed by atoms with Crippen molar-refractivity contribution in [2.75, 3.05) is 20.2 Å². The fourth-order valence-electron chi connectivity index (χ4n) is 2.03. The van der Waals surface area contributed by atoms with E-state index in [2.05, 4.69) is 10.0 Å². The minimum atomic E-state index is -3.63. The topological polar surface area (TPSA) is 67.4 Å². The minimum Gasteiger partial charge on any atom is -0.494 e. The van der Waals surface area contributed by atoms with Crippen molar-refractivity contribution in [3.63, 3.8) is 0 Å². The zero-order valence-electron chi connectivity index (χ0n) is 11.1. The summed E-state index contributed by atoms with van der Waals surface area (Å²) in [5, 5.41) is 3.16. The number of piperidine rings is 1. The Morgan fingerprint density at radius 3 is 2.60 bits per heavy atom. The number of nitrogens with one attached hydrogen (secondary N) is 2. The summed E-state index contributed by atoms with van der Waals surface area (Å²) in [6.07, 6.45) is 1.50. The van der Waals surface area contributed by atoms with E-state index in [1.165, 1.54) is 19.2 Å². The Kier molecular flexibility index (Phi) is 6.19. The van der Waals surface area contributed by atoms with Crippen LogP contribution in [0.3, 0.4) is 0 Å². The van der Waals surface area contributed by atoms with Gasteiger partial charge in [-0.25, -0.2) is 17.5 Å². The summed E-state index contributed by atoms with van der Waals surface area (Å²) in [5.41, 5.74) is 0. The molecule has 0 bridgehead atoms. The molecule has 0 saturated carbocycles. The fraction of sp³-hybridized carbons (Fsp3) is 0.500. The summed E-state index contributed by atoms with van der Waals surface area (Å²) < 4.78 is 45.0. The van der Waals surface area contributed by atoms with Gasteiger partial charge >= 0.3 is 0 Å². The highest BCUT2D eigenvalue weighted by Gasteiger charge is 2.22. The van der Waals surface area contributed by atoms with Gasteiger partial charge < -0.3 is 10.1 Å². The number of methoxy groups -OCH3 is 1. The first-order chi connectivity index (χ1) is 9.03. The van der Waals surface area contributed by atoms with Gasteiger partial charge in [-0.15, -0.1) is 12.4 Å². The average molecular weight is 325 g/mol. The van der Waals surface area contributed by atoms with Crippen LogP contribution in [0.25, 0.3) is 0 Å². The van der Waals surface area contributed by atoms with Gasteiger partial charge in [0.15, 0.2) is 11.6 Å². The molecule has 1 aliphatic heterocycles. The molecule has 0 radical (unpaired) electrons. The minimum absolute atomic E-state index is 0. The van der Waals surface area contributed by atoms with Crippen LogP contribution in [-0.4, -0.2) is 34.7 Å². The average Bonchev–Trinajstić information content (AvgIpc) is 2.39. The van der Waals surface area contributed by atoms with Crippen molar-refractivity contribution < 1.29 is 17.5 Å². The molecule has 1 heterocycles. The summed E-state index contributed by atoms with van der Waals surface area (Å²) >= 11 is 0. The second-order valence-corrected chi connectivity index (χ2v) is 6.16. The zero-order valence-corrected chi connectivity index (χ0v) is 12.7. The Labute approximate surface area is 124 Å². The Hall–Kier alpha value is -0.890. The lowest BCUT2D eigenvalue weighted by atomic mass is 10.1. The predicted molar refractivity (Wildman–Crippen MR) is 76.4 cm³/mol. The van der Waals surface area contributed by atoms with E-state index in [1.807, 2.05) is 0 Å². The van der Waals surface area contributed by atoms with E-state index in [4.69, 9.17) is 4.74 Å². The van der Waals surface area contributed by atoms with Crippen LogP contribution in [0.4, 0.5) is 4.39 Å². The van der Waals surface area contributed by atoms with Gasteiger partial charge in [-0.05, 0) is 38.1 Å². The maximum Gasteiger partial charge on any atom is 0.240 e. The normalized spacial score (nSPS) is 16.5. The van der Waals surface area contributed by atoms with Crippen LogP contribution < -0.4 is 14.8 Å². The van der Waals surface area contributed by atoms with Crippen molar-refractivity contribution in [2.45, 2.75) is 23.8 Å². The lowest BCUT2D eigenvalue weighted by Crippen LogP contribution is -2.42. The number of benzene rings is 1. The molecule has 0 atom stereocenters. The van der Waals surface area contributed by atoms with Gasteiger partial charge in [-0.1, -0.05) is 0 Å². The van der Waals surface area contributed by atoms with Crippen molar-refractivity contribution in [1.82, 2.24) is 10.0 Å². The summed E-state index contributed by atoms with van der Waals surface area (Å²) in [6, 6.07) is 3.44. The number of sulfonamides is 1. The number of rotatable bonds is 4. The second-order valence-electron chi connectivity index (χ2n) is 4.44. The molecular formula is C12H18ClFN2O3S. The Balaban J connectivity index is 0.00000200. The van der Waals surface area contributed by atoms with Crippen LogP contribution in [0.1, 0.15) is 12.8 Å². The molecule has 0 aromatic heterocycles. The Morgan fingerprint density at radius 1 is 1.35 bits per heavy atom. The summed E-state index contributed by atoms with van der Waals surface area (Å²) in [6.45, 7) is 1.58. The highest BCUT2D eigenvalue weighted by Crippen LogP contribution is 2.21. The maximum absolute atomic E-state index is 13.3. The molecule has 2 N–H and O–H groups in total. The third-order valence-corrected chi connectivity index (χ3v) is 4.61. The summed E-state index contributed by atoms with van der Waals surface area (Å²) in [7, 11) is -2.33. The van der Waals surface area contributed by atoms with E-state index < -0.39 is 15.8 Å². The third-order valence-electron chi connectivity index (χ3n) is 3.09. The van der Waals surface area contributed by atoms with E-state index in [1.54, 1.807) is 0 Å². The molecule has 1 aliphatic rings. The van der Waals surface area contributed by atoms with Gasteiger partial charge in [-0.2, -0.15) is 0 Å². The molecule has 0 unspecified atom stereocenters. The van der Waals surface area contributed by atoms with Crippen molar-refractivity contribution in [1.29, 1.82) is 0 Å². The van der Waals surface area contributed by atoms with Gasteiger partial charge in [0.1, 0.15) is 0 Å². The number of halogens is 2. The molecule has 0 spiro atoms. The first kappa shape index (κ1) is 17.2. The van der Waals surface area contributed by atoms with Gasteiger partial charge in [0, 0.05) is 12.1 Å². The molecule has 1 saturated heterocycles. The fourth-order valence-corrected chi connectivity index (χ4v) is 3.35. The second kappa shape index (κ2) is 7.21. The summed E-state index contributed by atoms with van der Waals surface area (Å²) in [5.74, 6) is -0.656. The Bertz CT molecular complexity index is 548. The predicted octanol–water partition coefficient (Wildman–Crippen LogP) is 1.29. The number of hydrogen-bond acceptors (Lipinski definition) is 4. The van der Waals surface area contributed by atoms with E-state index >= 15 is 0 Å². The lowest BCUT2D eigenvalue weighted by Gasteiger charge is -2.23. The van der Waals surface area contributed by atoms with Crippen LogP contribution in [-0.2, 0) is 10.0 Å². The van der Waals surface area contributed by atoms with Crippen molar-refractivity contribution in [2.24, 2.45) is 0 Å². The molecule has 5 nitrogen and oxygen atoms in total. The van der Waals surface area contributed by atoms with E-state index in [-0.39, 0.29) is 29.1 Å². The molecule has 1 aromatic rings. The molecule has 2 rings (SSSR count). The van der Waals surface area contributed by atoms with Gasteiger partial charge in [0.05, 0.1) is 12.0 Å². The van der Waals surface area contributed by atoms with Gasteiger partial charge in [-0.3, -0.25) is 0 Å². The van der Waals surface area contributed by atoms with Crippen molar-refractivity contribution >= 4 is 22.4 Å². The van der Waals surface area contributed by atoms with Crippen LogP contribution in [0, 0.1) is 5.82 Å². The number of ether oxygens (including phenoxy) is 1. The molecule has 0 amide bonds. The molecule has 0 aliphatic carbocycles. The van der Waals surface area contributed by atoms with Crippen LogP contribution in [0.2, 0.25) is 0 Å². The maximum atomic E-state index is 13.3.